The molecule has 2 nitrogen and oxygen atoms in total. The Bertz CT molecular complexity index is 185. The van der Waals surface area contributed by atoms with E-state index in [-0.39, 0.29) is 17.9 Å². The number of amides is 1. The molecule has 1 saturated heterocycles. The lowest BCUT2D eigenvalue weighted by Crippen LogP contribution is -2.38. The van der Waals surface area contributed by atoms with Crippen LogP contribution in [0.1, 0.15) is 27.2 Å². The number of likely N-dealkylation sites (tertiary alicyclic amines) is 1. The van der Waals surface area contributed by atoms with Gasteiger partial charge in [-0.1, -0.05) is 20.8 Å². The minimum Gasteiger partial charge on any atom is -0.339 e. The second-order valence-corrected chi connectivity index (χ2v) is 4.39. The van der Waals surface area contributed by atoms with Gasteiger partial charge < -0.3 is 4.90 Å². The molecule has 1 fully saturated rings. The Labute approximate surface area is 72.7 Å². The van der Waals surface area contributed by atoms with E-state index in [4.69, 9.17) is 0 Å². The Morgan fingerprint density at radius 1 is 1.50 bits per heavy atom. The Balaban J connectivity index is 2.55. The lowest BCUT2D eigenvalue weighted by molar-refractivity contribution is -0.138. The van der Waals surface area contributed by atoms with Crippen LogP contribution in [-0.4, -0.2) is 30.1 Å². The summed E-state index contributed by atoms with van der Waals surface area (Å²) in [7, 11) is 0. The predicted octanol–water partition coefficient (Wildman–Crippen LogP) is 1.60. The van der Waals surface area contributed by atoms with Crippen LogP contribution in [0.4, 0.5) is 4.39 Å². The second kappa shape index (κ2) is 3.04. The van der Waals surface area contributed by atoms with Crippen molar-refractivity contribution < 1.29 is 9.18 Å². The van der Waals surface area contributed by atoms with E-state index in [1.165, 1.54) is 0 Å². The van der Waals surface area contributed by atoms with Gasteiger partial charge in [0.05, 0.1) is 6.54 Å². The Hall–Kier alpha value is -0.600. The summed E-state index contributed by atoms with van der Waals surface area (Å²) >= 11 is 0. The molecule has 1 atom stereocenters. The van der Waals surface area contributed by atoms with Crippen molar-refractivity contribution in [1.29, 1.82) is 0 Å². The molecule has 1 aliphatic heterocycles. The first-order valence-electron chi connectivity index (χ1n) is 4.34. The maximum atomic E-state index is 12.7. The molecule has 0 aromatic rings. The number of hydrogen-bond donors (Lipinski definition) is 0. The summed E-state index contributed by atoms with van der Waals surface area (Å²) in [5.74, 6) is 0.0580. The topological polar surface area (TPSA) is 20.3 Å². The van der Waals surface area contributed by atoms with Crippen molar-refractivity contribution in [1.82, 2.24) is 4.90 Å². The number of alkyl halides is 1. The van der Waals surface area contributed by atoms with Crippen molar-refractivity contribution in [2.75, 3.05) is 13.1 Å². The fourth-order valence-corrected chi connectivity index (χ4v) is 1.38. The van der Waals surface area contributed by atoms with Crippen molar-refractivity contribution >= 4 is 5.91 Å². The molecule has 0 unspecified atom stereocenters. The molecule has 0 aromatic heterocycles. The van der Waals surface area contributed by atoms with Crippen molar-refractivity contribution in [3.63, 3.8) is 0 Å². The average Bonchev–Trinajstić information content (AvgIpc) is 2.32. The predicted molar refractivity (Wildman–Crippen MR) is 45.5 cm³/mol. The SMILES string of the molecule is CC(C)(C)C(=O)N1CC[C@@H](F)C1. The van der Waals surface area contributed by atoms with Gasteiger partial charge in [-0.15, -0.1) is 0 Å². The van der Waals surface area contributed by atoms with Crippen LogP contribution >= 0.6 is 0 Å². The third-order valence-corrected chi connectivity index (χ3v) is 2.06. The van der Waals surface area contributed by atoms with Crippen molar-refractivity contribution in [2.24, 2.45) is 5.41 Å². The van der Waals surface area contributed by atoms with Crippen LogP contribution in [-0.2, 0) is 4.79 Å². The highest BCUT2D eigenvalue weighted by atomic mass is 19.1. The number of hydrogen-bond acceptors (Lipinski definition) is 1. The van der Waals surface area contributed by atoms with Crippen LogP contribution in [0.5, 0.6) is 0 Å². The number of rotatable bonds is 0. The van der Waals surface area contributed by atoms with Crippen LogP contribution in [0.15, 0.2) is 0 Å². The van der Waals surface area contributed by atoms with E-state index in [9.17, 15) is 9.18 Å². The zero-order chi connectivity index (χ0) is 9.35. The lowest BCUT2D eigenvalue weighted by Gasteiger charge is -2.24. The first-order valence-corrected chi connectivity index (χ1v) is 4.34. The fraction of sp³-hybridized carbons (Fsp3) is 0.889. The highest BCUT2D eigenvalue weighted by molar-refractivity contribution is 5.81. The van der Waals surface area contributed by atoms with Gasteiger partial charge in [-0.05, 0) is 6.42 Å². The molecule has 0 aromatic carbocycles. The summed E-state index contributed by atoms with van der Waals surface area (Å²) in [6.45, 7) is 6.45. The molecule has 70 valence electrons. The standard InChI is InChI=1S/C9H16FNO/c1-9(2,3)8(12)11-5-4-7(10)6-11/h7H,4-6H2,1-3H3/t7-/m1/s1. The largest absolute Gasteiger partial charge is 0.339 e. The van der Waals surface area contributed by atoms with Crippen molar-refractivity contribution in [3.05, 3.63) is 0 Å². The molecule has 3 heteroatoms. The molecule has 0 saturated carbocycles. The second-order valence-electron chi connectivity index (χ2n) is 4.39. The van der Waals surface area contributed by atoms with Crippen molar-refractivity contribution in [2.45, 2.75) is 33.4 Å². The van der Waals surface area contributed by atoms with Gasteiger partial charge in [0.2, 0.25) is 5.91 Å². The molecule has 0 aliphatic carbocycles. The minimum atomic E-state index is -0.809. The first kappa shape index (κ1) is 9.49. The van der Waals surface area contributed by atoms with Crippen LogP contribution in [0.25, 0.3) is 0 Å². The molecule has 1 heterocycles. The zero-order valence-electron chi connectivity index (χ0n) is 7.93. The average molecular weight is 173 g/mol. The van der Waals surface area contributed by atoms with Gasteiger partial charge in [-0.2, -0.15) is 0 Å². The maximum Gasteiger partial charge on any atom is 0.228 e. The number of carbonyl (C=O) groups excluding carboxylic acids is 1. The fourth-order valence-electron chi connectivity index (χ4n) is 1.38. The first-order chi connectivity index (χ1) is 5.41. The third kappa shape index (κ3) is 1.96. The smallest absolute Gasteiger partial charge is 0.228 e. The summed E-state index contributed by atoms with van der Waals surface area (Å²) < 4.78 is 12.7. The van der Waals surface area contributed by atoms with Gasteiger partial charge in [0.25, 0.3) is 0 Å². The van der Waals surface area contributed by atoms with E-state index in [2.05, 4.69) is 0 Å². The summed E-state index contributed by atoms with van der Waals surface area (Å²) in [4.78, 5) is 13.2. The Morgan fingerprint density at radius 2 is 2.08 bits per heavy atom. The van der Waals surface area contributed by atoms with Crippen LogP contribution < -0.4 is 0 Å². The summed E-state index contributed by atoms with van der Waals surface area (Å²) in [6.07, 6.45) is -0.307. The third-order valence-electron chi connectivity index (χ3n) is 2.06. The summed E-state index contributed by atoms with van der Waals surface area (Å²) in [6, 6.07) is 0. The molecule has 1 aliphatic rings. The minimum absolute atomic E-state index is 0.0580. The Kier molecular flexibility index (Phi) is 2.40. The van der Waals surface area contributed by atoms with Gasteiger partial charge in [0.15, 0.2) is 0 Å². The monoisotopic (exact) mass is 173 g/mol. The zero-order valence-corrected chi connectivity index (χ0v) is 7.93. The van der Waals surface area contributed by atoms with Gasteiger partial charge >= 0.3 is 0 Å². The maximum absolute atomic E-state index is 12.7. The number of nitrogens with zero attached hydrogens (tertiary/aromatic N) is 1. The Morgan fingerprint density at radius 3 is 2.42 bits per heavy atom. The van der Waals surface area contributed by atoms with E-state index >= 15 is 0 Å². The molecular weight excluding hydrogens is 157 g/mol. The number of carbonyl (C=O) groups is 1. The lowest BCUT2D eigenvalue weighted by atomic mass is 9.95. The van der Waals surface area contributed by atoms with E-state index in [1.807, 2.05) is 20.8 Å². The highest BCUT2D eigenvalue weighted by Crippen LogP contribution is 2.21. The van der Waals surface area contributed by atoms with Gasteiger partial charge in [-0.3, -0.25) is 4.79 Å². The van der Waals surface area contributed by atoms with E-state index in [0.29, 0.717) is 13.0 Å². The molecule has 0 radical (unpaired) electrons. The molecule has 1 rings (SSSR count). The van der Waals surface area contributed by atoms with Gasteiger partial charge in [0, 0.05) is 12.0 Å². The van der Waals surface area contributed by atoms with Crippen LogP contribution in [0, 0.1) is 5.41 Å². The quantitative estimate of drug-likeness (QED) is 0.545. The van der Waals surface area contributed by atoms with E-state index < -0.39 is 6.17 Å². The van der Waals surface area contributed by atoms with Crippen molar-refractivity contribution in [3.8, 4) is 0 Å². The van der Waals surface area contributed by atoms with Crippen LogP contribution in [0.3, 0.4) is 0 Å². The highest BCUT2D eigenvalue weighted by Gasteiger charge is 2.32. The summed E-state index contributed by atoms with van der Waals surface area (Å²) in [5.41, 5.74) is -0.371. The van der Waals surface area contributed by atoms with E-state index in [1.54, 1.807) is 4.90 Å². The molecular formula is C9H16FNO. The van der Waals surface area contributed by atoms with Crippen LogP contribution in [0.2, 0.25) is 0 Å². The van der Waals surface area contributed by atoms with E-state index in [0.717, 1.165) is 0 Å². The molecule has 12 heavy (non-hydrogen) atoms. The van der Waals surface area contributed by atoms with Gasteiger partial charge in [-0.25, -0.2) is 4.39 Å². The molecule has 0 spiro atoms. The normalized spacial score (nSPS) is 24.7. The molecule has 1 amide bonds. The molecule has 0 bridgehead atoms. The molecule has 0 N–H and O–H groups in total. The van der Waals surface area contributed by atoms with Gasteiger partial charge in [0.1, 0.15) is 6.17 Å². The number of halogens is 1. The summed E-state index contributed by atoms with van der Waals surface area (Å²) in [5, 5.41) is 0.